The Morgan fingerprint density at radius 2 is 1.79 bits per heavy atom. The molecule has 0 radical (unpaired) electrons. The number of benzene rings is 2. The van der Waals surface area contributed by atoms with Crippen LogP contribution in [0.4, 0.5) is 30.5 Å². The largest absolute Gasteiger partial charge is 0.482 e. The van der Waals surface area contributed by atoms with Crippen molar-refractivity contribution in [2.45, 2.75) is 39.1 Å². The molecule has 0 aliphatic carbocycles. The lowest BCUT2D eigenvalue weighted by atomic mass is 10.1. The van der Waals surface area contributed by atoms with Gasteiger partial charge in [-0.05, 0) is 50.6 Å². The van der Waals surface area contributed by atoms with Gasteiger partial charge < -0.3 is 10.1 Å². The molecule has 0 amide bonds. The van der Waals surface area contributed by atoms with Crippen molar-refractivity contribution in [1.29, 1.82) is 5.26 Å². The summed E-state index contributed by atoms with van der Waals surface area (Å²) in [6, 6.07) is 18.7. The third kappa shape index (κ3) is 5.98. The summed E-state index contributed by atoms with van der Waals surface area (Å²) in [5, 5.41) is 29.1. The first-order valence-electron chi connectivity index (χ1n) is 11.7. The summed E-state index contributed by atoms with van der Waals surface area (Å²) in [5.74, 6) is -0.0320. The summed E-state index contributed by atoms with van der Waals surface area (Å²) >= 11 is 0. The van der Waals surface area contributed by atoms with Crippen LogP contribution in [0.1, 0.15) is 37.6 Å². The SMILES string of the molecule is CC(C)(C)n1nc(-c2ccc([N+](=O)[O-])c(OCc3ccccc3)c2)c(C#N)c1Nc1cccc(C(F)(F)F)n1. The zero-order valence-electron chi connectivity index (χ0n) is 21.2. The van der Waals surface area contributed by atoms with E-state index in [9.17, 15) is 28.5 Å². The lowest BCUT2D eigenvalue weighted by Gasteiger charge is -2.22. The van der Waals surface area contributed by atoms with Gasteiger partial charge in [-0.1, -0.05) is 36.4 Å². The van der Waals surface area contributed by atoms with Crippen molar-refractivity contribution in [1.82, 2.24) is 14.8 Å². The summed E-state index contributed by atoms with van der Waals surface area (Å²) in [6.45, 7) is 5.49. The monoisotopic (exact) mass is 536 g/mol. The fourth-order valence-corrected chi connectivity index (χ4v) is 3.77. The van der Waals surface area contributed by atoms with Crippen LogP contribution in [0.2, 0.25) is 0 Å². The van der Waals surface area contributed by atoms with E-state index < -0.39 is 22.3 Å². The van der Waals surface area contributed by atoms with Crippen molar-refractivity contribution >= 4 is 17.3 Å². The van der Waals surface area contributed by atoms with Crippen molar-refractivity contribution < 1.29 is 22.8 Å². The highest BCUT2D eigenvalue weighted by atomic mass is 19.4. The highest BCUT2D eigenvalue weighted by Crippen LogP contribution is 2.38. The minimum atomic E-state index is -4.65. The summed E-state index contributed by atoms with van der Waals surface area (Å²) in [4.78, 5) is 14.7. The number of hydrogen-bond donors (Lipinski definition) is 1. The standard InChI is InChI=1S/C27H23F3N6O3/c1-26(2,3)35-25(33-23-11-7-10-22(32-23)27(28,29)30)19(15-31)24(34-35)18-12-13-20(36(37)38)21(14-18)39-16-17-8-5-4-6-9-17/h4-14H,16H2,1-3H3,(H,32,33). The molecule has 0 bridgehead atoms. The van der Waals surface area contributed by atoms with Gasteiger partial charge in [0.1, 0.15) is 41.3 Å². The van der Waals surface area contributed by atoms with Gasteiger partial charge in [0.15, 0.2) is 5.75 Å². The van der Waals surface area contributed by atoms with Crippen molar-refractivity contribution in [3.05, 3.63) is 93.7 Å². The van der Waals surface area contributed by atoms with Gasteiger partial charge >= 0.3 is 11.9 Å². The van der Waals surface area contributed by atoms with Gasteiger partial charge in [0.05, 0.1) is 10.5 Å². The minimum Gasteiger partial charge on any atom is -0.482 e. The number of nitro groups is 1. The molecule has 2 aromatic carbocycles. The molecule has 4 rings (SSSR count). The van der Waals surface area contributed by atoms with E-state index in [1.54, 1.807) is 20.8 Å². The number of nitrogens with one attached hydrogen (secondary N) is 1. The molecule has 9 nitrogen and oxygen atoms in total. The highest BCUT2D eigenvalue weighted by Gasteiger charge is 2.33. The molecular weight excluding hydrogens is 513 g/mol. The molecule has 2 heterocycles. The van der Waals surface area contributed by atoms with Crippen molar-refractivity contribution in [2.24, 2.45) is 0 Å². The lowest BCUT2D eigenvalue weighted by molar-refractivity contribution is -0.385. The van der Waals surface area contributed by atoms with E-state index in [0.717, 1.165) is 11.6 Å². The smallest absolute Gasteiger partial charge is 0.433 e. The van der Waals surface area contributed by atoms with E-state index in [4.69, 9.17) is 4.74 Å². The van der Waals surface area contributed by atoms with Crippen LogP contribution in [0.15, 0.2) is 66.7 Å². The van der Waals surface area contributed by atoms with E-state index in [-0.39, 0.29) is 40.9 Å². The van der Waals surface area contributed by atoms with E-state index in [0.29, 0.717) is 5.56 Å². The summed E-state index contributed by atoms with van der Waals surface area (Å²) in [6.07, 6.45) is -4.65. The number of rotatable bonds is 7. The maximum Gasteiger partial charge on any atom is 0.433 e. The van der Waals surface area contributed by atoms with Crippen LogP contribution in [0.25, 0.3) is 11.3 Å². The molecule has 39 heavy (non-hydrogen) atoms. The minimum absolute atomic E-state index is 0.0204. The first-order valence-corrected chi connectivity index (χ1v) is 11.7. The second-order valence-electron chi connectivity index (χ2n) is 9.51. The Hall–Kier alpha value is -4.92. The second kappa shape index (κ2) is 10.4. The van der Waals surface area contributed by atoms with E-state index in [1.807, 2.05) is 30.3 Å². The van der Waals surface area contributed by atoms with E-state index in [1.165, 1.54) is 35.0 Å². The zero-order valence-corrected chi connectivity index (χ0v) is 21.2. The number of hydrogen-bond acceptors (Lipinski definition) is 7. The molecule has 1 N–H and O–H groups in total. The number of anilines is 2. The Bertz CT molecular complexity index is 1550. The number of nitrogens with zero attached hydrogens (tertiary/aromatic N) is 5. The summed E-state index contributed by atoms with van der Waals surface area (Å²) < 4.78 is 46.9. The predicted octanol–water partition coefficient (Wildman–Crippen LogP) is 6.82. The Morgan fingerprint density at radius 1 is 1.08 bits per heavy atom. The lowest BCUT2D eigenvalue weighted by Crippen LogP contribution is -2.25. The fraction of sp³-hybridized carbons (Fsp3) is 0.222. The first kappa shape index (κ1) is 27.1. The van der Waals surface area contributed by atoms with Crippen LogP contribution in [0.5, 0.6) is 5.75 Å². The van der Waals surface area contributed by atoms with Crippen LogP contribution in [0, 0.1) is 21.4 Å². The van der Waals surface area contributed by atoms with Crippen LogP contribution >= 0.6 is 0 Å². The van der Waals surface area contributed by atoms with Crippen LogP contribution in [-0.4, -0.2) is 19.7 Å². The molecule has 0 aliphatic heterocycles. The molecular formula is C27H23F3N6O3. The average molecular weight is 537 g/mol. The van der Waals surface area contributed by atoms with E-state index >= 15 is 0 Å². The maximum absolute atomic E-state index is 13.2. The first-order chi connectivity index (χ1) is 18.4. The molecule has 0 spiro atoms. The quantitative estimate of drug-likeness (QED) is 0.203. The van der Waals surface area contributed by atoms with Gasteiger partial charge in [0, 0.05) is 11.6 Å². The summed E-state index contributed by atoms with van der Waals surface area (Å²) in [7, 11) is 0. The number of ether oxygens (including phenoxy) is 1. The molecule has 0 saturated heterocycles. The van der Waals surface area contributed by atoms with E-state index in [2.05, 4.69) is 21.5 Å². The van der Waals surface area contributed by atoms with Gasteiger partial charge in [-0.3, -0.25) is 10.1 Å². The van der Waals surface area contributed by atoms with Gasteiger partial charge in [0.25, 0.3) is 0 Å². The molecule has 200 valence electrons. The Morgan fingerprint density at radius 3 is 2.41 bits per heavy atom. The Labute approximate surface area is 221 Å². The zero-order chi connectivity index (χ0) is 28.4. The Balaban J connectivity index is 1.80. The second-order valence-corrected chi connectivity index (χ2v) is 9.51. The molecule has 4 aromatic rings. The van der Waals surface area contributed by atoms with Crippen LogP contribution in [-0.2, 0) is 18.3 Å². The maximum atomic E-state index is 13.2. The van der Waals surface area contributed by atoms with Crippen LogP contribution in [0.3, 0.4) is 0 Å². The van der Waals surface area contributed by atoms with Crippen molar-refractivity contribution in [2.75, 3.05) is 5.32 Å². The molecule has 0 atom stereocenters. The molecule has 0 saturated carbocycles. The van der Waals surface area contributed by atoms with Gasteiger partial charge in [-0.25, -0.2) is 9.67 Å². The number of alkyl halides is 3. The van der Waals surface area contributed by atoms with Crippen molar-refractivity contribution in [3.63, 3.8) is 0 Å². The highest BCUT2D eigenvalue weighted by molar-refractivity contribution is 5.77. The Kier molecular flexibility index (Phi) is 7.27. The number of aromatic nitrogens is 3. The molecule has 0 fully saturated rings. The predicted molar refractivity (Wildman–Crippen MR) is 137 cm³/mol. The topological polar surface area (TPSA) is 119 Å². The molecule has 12 heteroatoms. The third-order valence-electron chi connectivity index (χ3n) is 5.59. The van der Waals surface area contributed by atoms with Crippen LogP contribution < -0.4 is 10.1 Å². The normalized spacial score (nSPS) is 11.6. The number of pyridine rings is 1. The average Bonchev–Trinajstić information content (AvgIpc) is 3.26. The molecule has 0 unspecified atom stereocenters. The fourth-order valence-electron chi connectivity index (χ4n) is 3.77. The molecule has 2 aromatic heterocycles. The van der Waals surface area contributed by atoms with Crippen molar-refractivity contribution in [3.8, 4) is 23.1 Å². The summed E-state index contributed by atoms with van der Waals surface area (Å²) in [5.41, 5.74) is -0.733. The number of nitriles is 1. The van der Waals surface area contributed by atoms with Gasteiger partial charge in [-0.2, -0.15) is 23.5 Å². The van der Waals surface area contributed by atoms with Gasteiger partial charge in [0.2, 0.25) is 0 Å². The number of halogens is 3. The molecule has 0 aliphatic rings. The third-order valence-corrected chi connectivity index (χ3v) is 5.59. The van der Waals surface area contributed by atoms with Gasteiger partial charge in [-0.15, -0.1) is 0 Å². The number of nitro benzene ring substituents is 1.